The highest BCUT2D eigenvalue weighted by Crippen LogP contribution is 2.36. The number of amides is 1. The Morgan fingerprint density at radius 3 is 2.47 bits per heavy atom. The lowest BCUT2D eigenvalue weighted by Gasteiger charge is -2.12. The topological polar surface area (TPSA) is 69.1 Å². The van der Waals surface area contributed by atoms with Gasteiger partial charge in [0.2, 0.25) is 5.91 Å². The Labute approximate surface area is 111 Å². The van der Waals surface area contributed by atoms with Gasteiger partial charge in [0.15, 0.2) is 0 Å². The number of fused-ring (bicyclic) bond motifs is 1. The highest BCUT2D eigenvalue weighted by Gasteiger charge is 2.19. The highest BCUT2D eigenvalue weighted by atomic mass is 16.1. The van der Waals surface area contributed by atoms with Gasteiger partial charge in [-0.3, -0.25) is 4.79 Å². The van der Waals surface area contributed by atoms with Crippen molar-refractivity contribution in [1.29, 1.82) is 0 Å². The third kappa shape index (κ3) is 1.99. The summed E-state index contributed by atoms with van der Waals surface area (Å²) in [6.07, 6.45) is 4.24. The van der Waals surface area contributed by atoms with Crippen molar-refractivity contribution >= 4 is 17.7 Å². The van der Waals surface area contributed by atoms with Crippen molar-refractivity contribution in [2.24, 2.45) is 5.73 Å². The lowest BCUT2D eigenvalue weighted by Crippen LogP contribution is -2.10. The largest absolute Gasteiger partial charge is 0.399 e. The number of benzene rings is 2. The van der Waals surface area contributed by atoms with Gasteiger partial charge in [-0.1, -0.05) is 30.4 Å². The monoisotopic (exact) mass is 250 g/mol. The Balaban J connectivity index is 1.99. The number of carbonyl (C=O) groups excluding carboxylic acids is 1. The molecule has 2 aromatic rings. The van der Waals surface area contributed by atoms with Crippen LogP contribution in [-0.2, 0) is 0 Å². The number of allylic oxidation sites excluding steroid dienone is 1. The first-order valence-corrected chi connectivity index (χ1v) is 6.12. The molecule has 2 aromatic carbocycles. The molecule has 3 nitrogen and oxygen atoms in total. The van der Waals surface area contributed by atoms with Crippen LogP contribution in [0.1, 0.15) is 33.0 Å². The average Bonchev–Trinajstić information content (AvgIpc) is 2.81. The second-order valence-corrected chi connectivity index (χ2v) is 4.71. The smallest absolute Gasteiger partial charge is 0.248 e. The van der Waals surface area contributed by atoms with E-state index in [1.807, 2.05) is 30.3 Å². The van der Waals surface area contributed by atoms with Crippen LogP contribution in [0.4, 0.5) is 5.69 Å². The van der Waals surface area contributed by atoms with Crippen LogP contribution >= 0.6 is 0 Å². The summed E-state index contributed by atoms with van der Waals surface area (Å²) in [5, 5.41) is 0. The molecule has 4 N–H and O–H groups in total. The van der Waals surface area contributed by atoms with Gasteiger partial charge in [-0.15, -0.1) is 0 Å². The molecule has 19 heavy (non-hydrogen) atoms. The van der Waals surface area contributed by atoms with E-state index < -0.39 is 5.91 Å². The van der Waals surface area contributed by atoms with Gasteiger partial charge in [-0.2, -0.15) is 0 Å². The molecular formula is C16H14N2O. The molecule has 0 bridgehead atoms. The third-order valence-electron chi connectivity index (χ3n) is 3.47. The molecule has 1 aliphatic carbocycles. The van der Waals surface area contributed by atoms with Crippen molar-refractivity contribution in [3.63, 3.8) is 0 Å². The third-order valence-corrected chi connectivity index (χ3v) is 3.47. The fraction of sp³-hybridized carbons (Fsp3) is 0.0625. The summed E-state index contributed by atoms with van der Waals surface area (Å²) >= 11 is 0. The minimum Gasteiger partial charge on any atom is -0.399 e. The molecule has 0 aliphatic heterocycles. The maximum atomic E-state index is 11.1. The fourth-order valence-corrected chi connectivity index (χ4v) is 2.46. The second-order valence-electron chi connectivity index (χ2n) is 4.71. The van der Waals surface area contributed by atoms with Crippen LogP contribution < -0.4 is 11.5 Å². The summed E-state index contributed by atoms with van der Waals surface area (Å²) in [6.45, 7) is 0. The summed E-state index contributed by atoms with van der Waals surface area (Å²) in [4.78, 5) is 11.1. The van der Waals surface area contributed by atoms with E-state index in [1.165, 1.54) is 11.1 Å². The quantitative estimate of drug-likeness (QED) is 0.804. The first-order chi connectivity index (χ1) is 9.15. The summed E-state index contributed by atoms with van der Waals surface area (Å²) in [5.74, 6) is -0.210. The predicted molar refractivity (Wildman–Crippen MR) is 76.7 cm³/mol. The van der Waals surface area contributed by atoms with E-state index in [0.717, 1.165) is 11.3 Å². The van der Waals surface area contributed by atoms with Gasteiger partial charge in [0.1, 0.15) is 0 Å². The molecule has 0 saturated heterocycles. The van der Waals surface area contributed by atoms with E-state index in [-0.39, 0.29) is 5.92 Å². The number of nitrogens with two attached hydrogens (primary N) is 2. The molecule has 0 saturated carbocycles. The van der Waals surface area contributed by atoms with E-state index in [0.29, 0.717) is 5.56 Å². The maximum Gasteiger partial charge on any atom is 0.248 e. The summed E-state index contributed by atoms with van der Waals surface area (Å²) < 4.78 is 0. The van der Waals surface area contributed by atoms with Crippen molar-refractivity contribution in [2.45, 2.75) is 5.92 Å². The van der Waals surface area contributed by atoms with E-state index in [1.54, 1.807) is 12.1 Å². The zero-order valence-corrected chi connectivity index (χ0v) is 10.3. The molecule has 1 unspecified atom stereocenters. The van der Waals surface area contributed by atoms with E-state index in [9.17, 15) is 4.79 Å². The zero-order chi connectivity index (χ0) is 13.4. The number of hydrogen-bond donors (Lipinski definition) is 2. The molecule has 1 atom stereocenters. The Hall–Kier alpha value is -2.55. The molecule has 0 heterocycles. The van der Waals surface area contributed by atoms with Gasteiger partial charge < -0.3 is 11.5 Å². The number of anilines is 1. The SMILES string of the molecule is NC(=O)c1ccc(C2C=Cc3ccc(N)cc32)cc1. The number of primary amides is 1. The molecule has 1 amide bonds. The Morgan fingerprint density at radius 2 is 1.79 bits per heavy atom. The van der Waals surface area contributed by atoms with Gasteiger partial charge in [0, 0.05) is 17.2 Å². The summed E-state index contributed by atoms with van der Waals surface area (Å²) in [7, 11) is 0. The van der Waals surface area contributed by atoms with Crippen molar-refractivity contribution in [2.75, 3.05) is 5.73 Å². The number of rotatable bonds is 2. The summed E-state index contributed by atoms with van der Waals surface area (Å²) in [5.41, 5.74) is 15.9. The number of carbonyl (C=O) groups is 1. The van der Waals surface area contributed by atoms with Crippen molar-refractivity contribution < 1.29 is 4.79 Å². The van der Waals surface area contributed by atoms with Gasteiger partial charge in [-0.05, 0) is 41.0 Å². The summed E-state index contributed by atoms with van der Waals surface area (Å²) in [6, 6.07) is 13.3. The van der Waals surface area contributed by atoms with Gasteiger partial charge in [0.05, 0.1) is 0 Å². The lowest BCUT2D eigenvalue weighted by molar-refractivity contribution is 0.100. The minimum absolute atomic E-state index is 0.195. The molecule has 3 heteroatoms. The molecule has 3 rings (SSSR count). The molecule has 0 radical (unpaired) electrons. The lowest BCUT2D eigenvalue weighted by atomic mass is 9.92. The van der Waals surface area contributed by atoms with Crippen molar-refractivity contribution in [3.05, 3.63) is 70.8 Å². The predicted octanol–water partition coefficient (Wildman–Crippen LogP) is 2.53. The zero-order valence-electron chi connectivity index (χ0n) is 10.3. The van der Waals surface area contributed by atoms with Crippen LogP contribution in [0.25, 0.3) is 6.08 Å². The van der Waals surface area contributed by atoms with Crippen LogP contribution in [0, 0.1) is 0 Å². The normalized spacial score (nSPS) is 16.3. The molecule has 0 fully saturated rings. The van der Waals surface area contributed by atoms with Crippen LogP contribution in [0.15, 0.2) is 48.5 Å². The van der Waals surface area contributed by atoms with Crippen LogP contribution in [-0.4, -0.2) is 5.91 Å². The van der Waals surface area contributed by atoms with Crippen molar-refractivity contribution in [1.82, 2.24) is 0 Å². The van der Waals surface area contributed by atoms with E-state index >= 15 is 0 Å². The highest BCUT2D eigenvalue weighted by molar-refractivity contribution is 5.92. The Bertz CT molecular complexity index is 672. The number of hydrogen-bond acceptors (Lipinski definition) is 2. The van der Waals surface area contributed by atoms with Gasteiger partial charge >= 0.3 is 0 Å². The van der Waals surface area contributed by atoms with Crippen LogP contribution in [0.3, 0.4) is 0 Å². The molecular weight excluding hydrogens is 236 g/mol. The first kappa shape index (κ1) is 11.5. The molecule has 94 valence electrons. The molecule has 0 aromatic heterocycles. The van der Waals surface area contributed by atoms with Crippen LogP contribution in [0.5, 0.6) is 0 Å². The fourth-order valence-electron chi connectivity index (χ4n) is 2.46. The Kier molecular flexibility index (Phi) is 2.60. The first-order valence-electron chi connectivity index (χ1n) is 6.12. The average molecular weight is 250 g/mol. The standard InChI is InChI=1S/C16H14N2O/c17-13-7-5-11-6-8-14(15(11)9-13)10-1-3-12(4-2-10)16(18)19/h1-9,14H,17H2,(H2,18,19). The number of nitrogen functional groups attached to an aromatic ring is 1. The minimum atomic E-state index is -0.404. The molecule has 1 aliphatic rings. The Morgan fingerprint density at radius 1 is 1.05 bits per heavy atom. The van der Waals surface area contributed by atoms with E-state index in [4.69, 9.17) is 11.5 Å². The van der Waals surface area contributed by atoms with Gasteiger partial charge in [0.25, 0.3) is 0 Å². The maximum absolute atomic E-state index is 11.1. The van der Waals surface area contributed by atoms with Crippen LogP contribution in [0.2, 0.25) is 0 Å². The van der Waals surface area contributed by atoms with Gasteiger partial charge in [-0.25, -0.2) is 0 Å². The molecule has 0 spiro atoms. The van der Waals surface area contributed by atoms with E-state index in [2.05, 4.69) is 12.2 Å². The van der Waals surface area contributed by atoms with Crippen molar-refractivity contribution in [3.8, 4) is 0 Å². The second kappa shape index (κ2) is 4.28.